The molecule has 2 saturated carbocycles. The van der Waals surface area contributed by atoms with Crippen molar-refractivity contribution in [3.05, 3.63) is 59.7 Å². The quantitative estimate of drug-likeness (QED) is 0.648. The first-order valence-corrected chi connectivity index (χ1v) is 12.0. The summed E-state index contributed by atoms with van der Waals surface area (Å²) < 4.78 is 5.66. The van der Waals surface area contributed by atoms with Crippen molar-refractivity contribution in [2.45, 2.75) is 50.6 Å². The second-order valence-electron chi connectivity index (χ2n) is 9.84. The molecule has 2 aromatic carbocycles. The van der Waals surface area contributed by atoms with Crippen LogP contribution in [0.4, 0.5) is 4.79 Å². The van der Waals surface area contributed by atoms with Crippen LogP contribution in [0.3, 0.4) is 0 Å². The van der Waals surface area contributed by atoms with E-state index in [9.17, 15) is 19.5 Å². The third kappa shape index (κ3) is 3.63. The maximum Gasteiger partial charge on any atom is 0.407 e. The molecule has 5 rings (SSSR count). The van der Waals surface area contributed by atoms with E-state index < -0.39 is 23.5 Å². The number of benzene rings is 2. The summed E-state index contributed by atoms with van der Waals surface area (Å²) in [6.07, 6.45) is 1.89. The number of carbonyl (C=O) groups is 3. The standard InChI is InChI=1S/C27H30N2O5/c1-3-23(24(30)31)29(2)25(32)27-13-16(27)12-17(14-27)28-26(33)34-15-22-20-10-6-4-8-18(20)19-9-5-7-11-21(19)22/h4-11,16-17,22-23H,3,12-15H2,1-2H3,(H,28,33)(H,30,31)/t16-,17+,23?,27+/m0/s1. The average Bonchev–Trinajstić information content (AvgIpc) is 3.25. The monoisotopic (exact) mass is 462 g/mol. The summed E-state index contributed by atoms with van der Waals surface area (Å²) in [4.78, 5) is 38.6. The number of alkyl carbamates (subject to hydrolysis) is 1. The highest BCUT2D eigenvalue weighted by molar-refractivity contribution is 5.90. The lowest BCUT2D eigenvalue weighted by Crippen LogP contribution is -2.46. The first kappa shape index (κ1) is 22.4. The number of aliphatic carboxylic acids is 1. The number of rotatable bonds is 7. The summed E-state index contributed by atoms with van der Waals surface area (Å²) in [7, 11) is 1.57. The number of fused-ring (bicyclic) bond motifs is 4. The number of amides is 2. The Morgan fingerprint density at radius 3 is 2.29 bits per heavy atom. The van der Waals surface area contributed by atoms with Crippen molar-refractivity contribution in [3.63, 3.8) is 0 Å². The van der Waals surface area contributed by atoms with Crippen molar-refractivity contribution in [1.29, 1.82) is 0 Å². The Morgan fingerprint density at radius 1 is 1.09 bits per heavy atom. The van der Waals surface area contributed by atoms with E-state index in [0.29, 0.717) is 19.3 Å². The number of carbonyl (C=O) groups excluding carboxylic acids is 2. The fourth-order valence-corrected chi connectivity index (χ4v) is 6.18. The molecule has 2 N–H and O–H groups in total. The zero-order chi connectivity index (χ0) is 24.0. The molecule has 0 aliphatic heterocycles. The number of carboxylic acid groups (broad SMARTS) is 1. The van der Waals surface area contributed by atoms with Gasteiger partial charge < -0.3 is 20.1 Å². The minimum Gasteiger partial charge on any atom is -0.480 e. The van der Waals surface area contributed by atoms with Gasteiger partial charge in [-0.05, 0) is 53.9 Å². The van der Waals surface area contributed by atoms with Crippen LogP contribution in [-0.4, -0.2) is 53.7 Å². The van der Waals surface area contributed by atoms with Gasteiger partial charge in [-0.2, -0.15) is 0 Å². The van der Waals surface area contributed by atoms with Crippen molar-refractivity contribution in [1.82, 2.24) is 10.2 Å². The maximum atomic E-state index is 13.1. The number of hydrogen-bond donors (Lipinski definition) is 2. The lowest BCUT2D eigenvalue weighted by Gasteiger charge is -2.28. The highest BCUT2D eigenvalue weighted by Gasteiger charge is 2.66. The van der Waals surface area contributed by atoms with Crippen LogP contribution in [-0.2, 0) is 14.3 Å². The van der Waals surface area contributed by atoms with Gasteiger partial charge in [0.15, 0.2) is 0 Å². The van der Waals surface area contributed by atoms with Gasteiger partial charge in [-0.15, -0.1) is 0 Å². The van der Waals surface area contributed by atoms with E-state index in [1.54, 1.807) is 14.0 Å². The van der Waals surface area contributed by atoms with Gasteiger partial charge in [0, 0.05) is 19.0 Å². The third-order valence-electron chi connectivity index (χ3n) is 7.96. The van der Waals surface area contributed by atoms with Crippen molar-refractivity contribution < 1.29 is 24.2 Å². The lowest BCUT2D eigenvalue weighted by atomic mass is 9.98. The van der Waals surface area contributed by atoms with Gasteiger partial charge in [0.05, 0.1) is 5.41 Å². The van der Waals surface area contributed by atoms with Crippen LogP contribution in [0.25, 0.3) is 11.1 Å². The summed E-state index contributed by atoms with van der Waals surface area (Å²) in [6, 6.07) is 15.4. The number of ether oxygens (including phenoxy) is 1. The molecular weight excluding hydrogens is 432 g/mol. The Labute approximate surface area is 199 Å². The Balaban J connectivity index is 1.19. The Kier molecular flexibility index (Phi) is 5.58. The molecule has 7 heteroatoms. The van der Waals surface area contributed by atoms with Crippen molar-refractivity contribution in [2.24, 2.45) is 11.3 Å². The first-order valence-electron chi connectivity index (χ1n) is 12.0. The van der Waals surface area contributed by atoms with Crippen LogP contribution in [0.1, 0.15) is 49.7 Å². The van der Waals surface area contributed by atoms with Gasteiger partial charge in [0.2, 0.25) is 5.91 Å². The van der Waals surface area contributed by atoms with E-state index in [-0.39, 0.29) is 30.4 Å². The van der Waals surface area contributed by atoms with Crippen LogP contribution >= 0.6 is 0 Å². The number of carboxylic acids is 1. The predicted molar refractivity (Wildman–Crippen MR) is 126 cm³/mol. The average molecular weight is 463 g/mol. The van der Waals surface area contributed by atoms with Crippen molar-refractivity contribution in [3.8, 4) is 11.1 Å². The van der Waals surface area contributed by atoms with Crippen LogP contribution in [0.2, 0.25) is 0 Å². The molecule has 34 heavy (non-hydrogen) atoms. The van der Waals surface area contributed by atoms with Gasteiger partial charge in [0.1, 0.15) is 12.6 Å². The maximum absolute atomic E-state index is 13.1. The van der Waals surface area contributed by atoms with Gasteiger partial charge in [0.25, 0.3) is 0 Å². The molecule has 1 unspecified atom stereocenters. The van der Waals surface area contributed by atoms with E-state index >= 15 is 0 Å². The molecule has 3 aliphatic carbocycles. The highest BCUT2D eigenvalue weighted by Crippen LogP contribution is 2.64. The minimum atomic E-state index is -0.988. The lowest BCUT2D eigenvalue weighted by molar-refractivity contribution is -0.151. The molecule has 2 fully saturated rings. The largest absolute Gasteiger partial charge is 0.480 e. The summed E-state index contributed by atoms with van der Waals surface area (Å²) in [5.74, 6) is -0.923. The summed E-state index contributed by atoms with van der Waals surface area (Å²) >= 11 is 0. The van der Waals surface area contributed by atoms with Gasteiger partial charge >= 0.3 is 12.1 Å². The zero-order valence-electron chi connectivity index (χ0n) is 19.5. The van der Waals surface area contributed by atoms with Crippen LogP contribution in [0, 0.1) is 11.3 Å². The zero-order valence-corrected chi connectivity index (χ0v) is 19.5. The summed E-state index contributed by atoms with van der Waals surface area (Å²) in [5, 5.41) is 12.4. The molecule has 3 aliphatic rings. The van der Waals surface area contributed by atoms with E-state index in [1.807, 2.05) is 24.3 Å². The highest BCUT2D eigenvalue weighted by atomic mass is 16.5. The van der Waals surface area contributed by atoms with Crippen LogP contribution in [0.5, 0.6) is 0 Å². The fraction of sp³-hybridized carbons (Fsp3) is 0.444. The Hall–Kier alpha value is -3.35. The molecule has 178 valence electrons. The minimum absolute atomic E-state index is 0.00121. The van der Waals surface area contributed by atoms with Crippen LogP contribution < -0.4 is 5.32 Å². The topological polar surface area (TPSA) is 95.9 Å². The number of hydrogen-bond acceptors (Lipinski definition) is 4. The SMILES string of the molecule is CCC(C(=O)O)N(C)C(=O)[C@]12C[C@H](NC(=O)OCC3c4ccccc4-c4ccccc43)C[C@H]1C2. The molecule has 0 spiro atoms. The Morgan fingerprint density at radius 2 is 1.71 bits per heavy atom. The second kappa shape index (κ2) is 8.46. The first-order chi connectivity index (χ1) is 16.4. The molecule has 7 nitrogen and oxygen atoms in total. The normalized spacial score (nSPS) is 25.0. The summed E-state index contributed by atoms with van der Waals surface area (Å²) in [6.45, 7) is 2.01. The molecule has 0 saturated heterocycles. The number of likely N-dealkylation sites (N-methyl/N-ethyl adjacent to an activating group) is 1. The van der Waals surface area contributed by atoms with E-state index in [1.165, 1.54) is 16.0 Å². The smallest absolute Gasteiger partial charge is 0.407 e. The number of nitrogens with zero attached hydrogens (tertiary/aromatic N) is 1. The van der Waals surface area contributed by atoms with Crippen molar-refractivity contribution in [2.75, 3.05) is 13.7 Å². The molecule has 0 heterocycles. The van der Waals surface area contributed by atoms with Gasteiger partial charge in [-0.3, -0.25) is 4.79 Å². The van der Waals surface area contributed by atoms with E-state index in [0.717, 1.165) is 17.5 Å². The van der Waals surface area contributed by atoms with E-state index in [4.69, 9.17) is 4.74 Å². The summed E-state index contributed by atoms with van der Waals surface area (Å²) in [5.41, 5.74) is 4.14. The third-order valence-corrected chi connectivity index (χ3v) is 7.96. The van der Waals surface area contributed by atoms with Crippen LogP contribution in [0.15, 0.2) is 48.5 Å². The van der Waals surface area contributed by atoms with E-state index in [2.05, 4.69) is 29.6 Å². The molecule has 0 radical (unpaired) electrons. The predicted octanol–water partition coefficient (Wildman–Crippen LogP) is 4.02. The Bertz CT molecular complexity index is 1100. The molecule has 2 aromatic rings. The molecule has 4 atom stereocenters. The molecular formula is C27H30N2O5. The molecule has 2 amide bonds. The van der Waals surface area contributed by atoms with Crippen molar-refractivity contribution >= 4 is 18.0 Å². The van der Waals surface area contributed by atoms with Gasteiger partial charge in [-0.25, -0.2) is 9.59 Å². The molecule has 0 aromatic heterocycles. The fourth-order valence-electron chi connectivity index (χ4n) is 6.18. The van der Waals surface area contributed by atoms with Gasteiger partial charge in [-0.1, -0.05) is 55.5 Å². The number of nitrogens with one attached hydrogen (secondary N) is 1. The second-order valence-corrected chi connectivity index (χ2v) is 9.84. The molecule has 0 bridgehead atoms.